The molecule has 2 N–H and O–H groups in total. The molecule has 1 heterocycles. The number of anilines is 1. The minimum absolute atomic E-state index is 0.0254. The first-order valence-corrected chi connectivity index (χ1v) is 5.76. The smallest absolute Gasteiger partial charge is 0.296 e. The first-order valence-electron chi connectivity index (χ1n) is 5.76. The van der Waals surface area contributed by atoms with E-state index in [2.05, 4.69) is 0 Å². The van der Waals surface area contributed by atoms with E-state index in [-0.39, 0.29) is 24.7 Å². The fraction of sp³-hybridized carbons (Fsp3) is 0.308. The Kier molecular flexibility index (Phi) is 3.14. The van der Waals surface area contributed by atoms with Gasteiger partial charge in [0.2, 0.25) is 0 Å². The van der Waals surface area contributed by atoms with Crippen LogP contribution in [0.4, 0.5) is 5.95 Å². The van der Waals surface area contributed by atoms with Crippen molar-refractivity contribution >= 4 is 28.5 Å². The molecule has 0 aliphatic rings. The van der Waals surface area contributed by atoms with Gasteiger partial charge in [0.05, 0.1) is 0 Å². The zero-order valence-corrected chi connectivity index (χ0v) is 10.5. The molecule has 0 amide bonds. The van der Waals surface area contributed by atoms with Crippen molar-refractivity contribution in [3.05, 3.63) is 24.3 Å². The standard InChI is InChI=1S/C13H15N3O2/c1-9(17)7-15-11-5-3-4-6-12(11)16(13(15)14)8-10(2)18/h3-6,14H,7-8H2,1-2H3/p+1. The van der Waals surface area contributed by atoms with E-state index in [1.807, 2.05) is 24.3 Å². The highest BCUT2D eigenvalue weighted by molar-refractivity contribution is 5.81. The van der Waals surface area contributed by atoms with E-state index < -0.39 is 0 Å². The van der Waals surface area contributed by atoms with Crippen LogP contribution in [-0.2, 0) is 22.7 Å². The van der Waals surface area contributed by atoms with E-state index in [0.29, 0.717) is 5.95 Å². The minimum atomic E-state index is 0.0254. The van der Waals surface area contributed by atoms with Crippen molar-refractivity contribution in [2.75, 3.05) is 5.73 Å². The number of benzene rings is 1. The fourth-order valence-electron chi connectivity index (χ4n) is 2.09. The number of hydrogen-bond donors (Lipinski definition) is 1. The van der Waals surface area contributed by atoms with Gasteiger partial charge in [-0.15, -0.1) is 0 Å². The average Bonchev–Trinajstić information content (AvgIpc) is 2.54. The third-order valence-corrected chi connectivity index (χ3v) is 2.78. The molecule has 0 unspecified atom stereocenters. The van der Waals surface area contributed by atoms with Gasteiger partial charge in [0, 0.05) is 0 Å². The second-order valence-corrected chi connectivity index (χ2v) is 4.42. The van der Waals surface area contributed by atoms with Crippen LogP contribution in [0.2, 0.25) is 0 Å². The molecule has 0 radical (unpaired) electrons. The molecule has 5 nitrogen and oxygen atoms in total. The molecular weight excluding hydrogens is 230 g/mol. The predicted molar refractivity (Wildman–Crippen MR) is 67.9 cm³/mol. The number of nitrogens with two attached hydrogens (primary N) is 1. The number of hydrogen-bond acceptors (Lipinski definition) is 3. The molecule has 2 aromatic rings. The Hall–Kier alpha value is -2.17. The first-order chi connectivity index (χ1) is 8.50. The van der Waals surface area contributed by atoms with Crippen molar-refractivity contribution in [1.82, 2.24) is 4.57 Å². The molecule has 94 valence electrons. The zero-order valence-electron chi connectivity index (χ0n) is 10.5. The van der Waals surface area contributed by atoms with Crippen LogP contribution in [0.5, 0.6) is 0 Å². The third kappa shape index (κ3) is 2.11. The van der Waals surface area contributed by atoms with Crippen molar-refractivity contribution in [3.63, 3.8) is 0 Å². The highest BCUT2D eigenvalue weighted by atomic mass is 16.1. The summed E-state index contributed by atoms with van der Waals surface area (Å²) in [5.41, 5.74) is 7.77. The minimum Gasteiger partial charge on any atom is -0.296 e. The van der Waals surface area contributed by atoms with E-state index in [1.165, 1.54) is 13.8 Å². The molecule has 0 saturated heterocycles. The number of Topliss-reactive ketones (excluding diaryl/α,β-unsaturated/α-hetero) is 2. The first kappa shape index (κ1) is 12.3. The van der Waals surface area contributed by atoms with Crippen LogP contribution < -0.4 is 10.3 Å². The number of imidazole rings is 1. The van der Waals surface area contributed by atoms with Crippen LogP contribution in [0.3, 0.4) is 0 Å². The molecular formula is C13H16N3O2+. The number of rotatable bonds is 4. The Morgan fingerprint density at radius 2 is 1.89 bits per heavy atom. The third-order valence-electron chi connectivity index (χ3n) is 2.78. The van der Waals surface area contributed by atoms with Crippen molar-refractivity contribution in [2.24, 2.45) is 0 Å². The number of carbonyl (C=O) groups excluding carboxylic acids is 2. The van der Waals surface area contributed by atoms with Gasteiger partial charge < -0.3 is 0 Å². The number of nitrogens with zero attached hydrogens (tertiary/aromatic N) is 2. The van der Waals surface area contributed by atoms with Gasteiger partial charge in [-0.05, 0) is 26.0 Å². The highest BCUT2D eigenvalue weighted by Crippen LogP contribution is 2.15. The van der Waals surface area contributed by atoms with Crippen molar-refractivity contribution in [2.45, 2.75) is 26.9 Å². The lowest BCUT2D eigenvalue weighted by atomic mass is 10.3. The summed E-state index contributed by atoms with van der Waals surface area (Å²) in [6.45, 7) is 3.47. The highest BCUT2D eigenvalue weighted by Gasteiger charge is 2.22. The van der Waals surface area contributed by atoms with Gasteiger partial charge in [0.1, 0.15) is 24.1 Å². The maximum Gasteiger partial charge on any atom is 0.356 e. The second kappa shape index (κ2) is 4.60. The summed E-state index contributed by atoms with van der Waals surface area (Å²) in [6.07, 6.45) is 0. The van der Waals surface area contributed by atoms with Crippen LogP contribution in [0.15, 0.2) is 24.3 Å². The van der Waals surface area contributed by atoms with Crippen LogP contribution in [-0.4, -0.2) is 16.1 Å². The van der Waals surface area contributed by atoms with Gasteiger partial charge in [0.15, 0.2) is 11.6 Å². The SMILES string of the molecule is CC(=O)Cn1c(N)[n+](CC(C)=O)c2ccccc21. The average molecular weight is 246 g/mol. The second-order valence-electron chi connectivity index (χ2n) is 4.42. The van der Waals surface area contributed by atoms with Crippen molar-refractivity contribution in [1.29, 1.82) is 0 Å². The van der Waals surface area contributed by atoms with Gasteiger partial charge in [-0.25, -0.2) is 9.13 Å². The molecule has 18 heavy (non-hydrogen) atoms. The number of nitrogen functional groups attached to an aromatic ring is 1. The molecule has 0 aliphatic heterocycles. The van der Waals surface area contributed by atoms with E-state index in [0.717, 1.165) is 11.0 Å². The molecule has 1 aromatic heterocycles. The monoisotopic (exact) mass is 246 g/mol. The molecule has 5 heteroatoms. The summed E-state index contributed by atoms with van der Waals surface area (Å²) in [6, 6.07) is 7.56. The Morgan fingerprint density at radius 3 is 2.50 bits per heavy atom. The summed E-state index contributed by atoms with van der Waals surface area (Å²) < 4.78 is 3.47. The lowest BCUT2D eigenvalue weighted by molar-refractivity contribution is -0.643. The van der Waals surface area contributed by atoms with Crippen LogP contribution in [0.25, 0.3) is 11.0 Å². The van der Waals surface area contributed by atoms with E-state index in [1.54, 1.807) is 9.13 Å². The van der Waals surface area contributed by atoms with E-state index in [9.17, 15) is 9.59 Å². The normalized spacial score (nSPS) is 10.8. The Bertz CT molecular complexity index is 575. The van der Waals surface area contributed by atoms with E-state index >= 15 is 0 Å². The molecule has 0 aliphatic carbocycles. The molecule has 2 rings (SSSR count). The molecule has 0 spiro atoms. The number of carbonyl (C=O) groups is 2. The topological polar surface area (TPSA) is 69.0 Å². The van der Waals surface area contributed by atoms with Gasteiger partial charge in [-0.2, -0.15) is 0 Å². The molecule has 0 saturated carbocycles. The Balaban J connectivity index is 2.66. The molecule has 0 bridgehead atoms. The summed E-state index contributed by atoms with van der Waals surface area (Å²) in [4.78, 5) is 22.6. The zero-order chi connectivity index (χ0) is 13.3. The lowest BCUT2D eigenvalue weighted by Gasteiger charge is -1.98. The molecule has 1 aromatic carbocycles. The van der Waals surface area contributed by atoms with Gasteiger partial charge >= 0.3 is 5.95 Å². The summed E-state index contributed by atoms with van der Waals surface area (Å²) in [5.74, 6) is 0.483. The molecule has 0 atom stereocenters. The maximum absolute atomic E-state index is 11.3. The number of fused-ring (bicyclic) bond motifs is 1. The Morgan fingerprint density at radius 1 is 1.22 bits per heavy atom. The van der Waals surface area contributed by atoms with Gasteiger partial charge in [-0.3, -0.25) is 15.3 Å². The summed E-state index contributed by atoms with van der Waals surface area (Å²) >= 11 is 0. The Labute approximate surface area is 105 Å². The summed E-state index contributed by atoms with van der Waals surface area (Å²) in [5, 5.41) is 0. The number of ketones is 2. The van der Waals surface area contributed by atoms with Gasteiger partial charge in [-0.1, -0.05) is 12.1 Å². The van der Waals surface area contributed by atoms with E-state index in [4.69, 9.17) is 5.73 Å². The lowest BCUT2D eigenvalue weighted by Crippen LogP contribution is -2.39. The number of aromatic nitrogens is 2. The maximum atomic E-state index is 11.3. The van der Waals surface area contributed by atoms with Crippen molar-refractivity contribution in [3.8, 4) is 0 Å². The van der Waals surface area contributed by atoms with Gasteiger partial charge in [0.25, 0.3) is 0 Å². The quantitative estimate of drug-likeness (QED) is 0.807. The largest absolute Gasteiger partial charge is 0.356 e. The van der Waals surface area contributed by atoms with Crippen LogP contribution in [0, 0.1) is 0 Å². The summed E-state index contributed by atoms with van der Waals surface area (Å²) in [7, 11) is 0. The van der Waals surface area contributed by atoms with Crippen LogP contribution in [0.1, 0.15) is 13.8 Å². The fourth-order valence-corrected chi connectivity index (χ4v) is 2.09. The molecule has 0 fully saturated rings. The predicted octanol–water partition coefficient (Wildman–Crippen LogP) is 0.689. The number of para-hydroxylation sites is 2. The van der Waals surface area contributed by atoms with Crippen molar-refractivity contribution < 1.29 is 14.2 Å². The van der Waals surface area contributed by atoms with Crippen LogP contribution >= 0.6 is 0 Å².